The highest BCUT2D eigenvalue weighted by atomic mass is 35.5. The third kappa shape index (κ3) is 5.21. The summed E-state index contributed by atoms with van der Waals surface area (Å²) in [5, 5.41) is 0.599. The average molecular weight is 347 g/mol. The Labute approximate surface area is 140 Å². The minimum atomic E-state index is -0.477. The molecule has 0 spiro atoms. The molecule has 22 heavy (non-hydrogen) atoms. The molecular weight excluding hydrogens is 327 g/mol. The summed E-state index contributed by atoms with van der Waals surface area (Å²) in [5.41, 5.74) is -0.477. The van der Waals surface area contributed by atoms with Crippen LogP contribution in [0.25, 0.3) is 0 Å². The topological polar surface area (TPSA) is 51.7 Å². The zero-order valence-corrected chi connectivity index (χ0v) is 14.4. The lowest BCUT2D eigenvalue weighted by Gasteiger charge is -2.33. The van der Waals surface area contributed by atoms with Crippen LogP contribution in [0, 0.1) is 0 Å². The summed E-state index contributed by atoms with van der Waals surface area (Å²) >= 11 is 11.7. The van der Waals surface area contributed by atoms with Crippen LogP contribution in [0.2, 0.25) is 10.3 Å². The molecule has 0 atom stereocenters. The molecule has 1 fully saturated rings. The summed E-state index contributed by atoms with van der Waals surface area (Å²) in [6.07, 6.45) is 1.21. The van der Waals surface area contributed by atoms with Gasteiger partial charge >= 0.3 is 6.09 Å². The molecule has 0 aliphatic carbocycles. The van der Waals surface area contributed by atoms with Crippen molar-refractivity contribution >= 4 is 29.3 Å². The molecular formula is C15H20Cl2N2O3. The fraction of sp³-hybridized carbons (Fsp3) is 0.600. The summed E-state index contributed by atoms with van der Waals surface area (Å²) in [5.74, 6) is 0.598. The lowest BCUT2D eigenvalue weighted by atomic mass is 10.1. The number of ether oxygens (including phenoxy) is 2. The van der Waals surface area contributed by atoms with Crippen molar-refractivity contribution < 1.29 is 14.3 Å². The van der Waals surface area contributed by atoms with Gasteiger partial charge in [0, 0.05) is 38.1 Å². The van der Waals surface area contributed by atoms with Gasteiger partial charge in [0.2, 0.25) is 0 Å². The number of carbonyl (C=O) groups excluding carboxylic acids is 1. The number of rotatable bonds is 2. The molecule has 0 unspecified atom stereocenters. The van der Waals surface area contributed by atoms with E-state index in [1.54, 1.807) is 17.0 Å². The zero-order valence-electron chi connectivity index (χ0n) is 12.9. The van der Waals surface area contributed by atoms with E-state index in [0.717, 1.165) is 12.8 Å². The van der Waals surface area contributed by atoms with Crippen molar-refractivity contribution in [2.75, 3.05) is 13.1 Å². The van der Waals surface area contributed by atoms with Crippen molar-refractivity contribution in [2.24, 2.45) is 0 Å². The lowest BCUT2D eigenvalue weighted by molar-refractivity contribution is 0.0126. The van der Waals surface area contributed by atoms with Gasteiger partial charge in [-0.3, -0.25) is 0 Å². The Bertz CT molecular complexity index is 518. The third-order valence-electron chi connectivity index (χ3n) is 3.13. The van der Waals surface area contributed by atoms with Gasteiger partial charge in [-0.2, -0.15) is 0 Å². The Balaban J connectivity index is 1.86. The van der Waals surface area contributed by atoms with Crippen LogP contribution in [-0.2, 0) is 4.74 Å². The highest BCUT2D eigenvalue weighted by Crippen LogP contribution is 2.24. The van der Waals surface area contributed by atoms with E-state index in [0.29, 0.717) is 29.1 Å². The molecule has 122 valence electrons. The molecule has 7 heteroatoms. The predicted octanol–water partition coefficient (Wildman–Crippen LogP) is 4.17. The third-order valence-corrected chi connectivity index (χ3v) is 3.52. The first-order chi connectivity index (χ1) is 10.2. The number of likely N-dealkylation sites (tertiary alicyclic amines) is 1. The quantitative estimate of drug-likeness (QED) is 0.754. The fourth-order valence-electron chi connectivity index (χ4n) is 2.19. The molecule has 0 radical (unpaired) electrons. The van der Waals surface area contributed by atoms with Gasteiger partial charge in [-0.1, -0.05) is 23.2 Å². The van der Waals surface area contributed by atoms with Crippen LogP contribution in [-0.4, -0.2) is 40.8 Å². The highest BCUT2D eigenvalue weighted by molar-refractivity contribution is 6.32. The van der Waals surface area contributed by atoms with E-state index >= 15 is 0 Å². The molecule has 1 aromatic heterocycles. The van der Waals surface area contributed by atoms with Crippen LogP contribution in [0.3, 0.4) is 0 Å². The number of halogens is 2. The van der Waals surface area contributed by atoms with E-state index in [-0.39, 0.29) is 12.2 Å². The van der Waals surface area contributed by atoms with Crippen LogP contribution in [0.1, 0.15) is 33.6 Å². The fourth-order valence-corrected chi connectivity index (χ4v) is 2.63. The summed E-state index contributed by atoms with van der Waals surface area (Å²) in [6, 6.07) is 3.27. The molecule has 1 aliphatic rings. The van der Waals surface area contributed by atoms with E-state index < -0.39 is 5.60 Å². The lowest BCUT2D eigenvalue weighted by Crippen LogP contribution is -2.44. The van der Waals surface area contributed by atoms with E-state index in [9.17, 15) is 4.79 Å². The van der Waals surface area contributed by atoms with Gasteiger partial charge < -0.3 is 14.4 Å². The predicted molar refractivity (Wildman–Crippen MR) is 85.7 cm³/mol. The van der Waals surface area contributed by atoms with Gasteiger partial charge in [0.25, 0.3) is 0 Å². The van der Waals surface area contributed by atoms with Crippen molar-refractivity contribution in [1.82, 2.24) is 9.88 Å². The van der Waals surface area contributed by atoms with Crippen LogP contribution in [0.5, 0.6) is 5.75 Å². The van der Waals surface area contributed by atoms with E-state index in [1.165, 1.54) is 0 Å². The monoisotopic (exact) mass is 346 g/mol. The number of hydrogen-bond donors (Lipinski definition) is 0. The van der Waals surface area contributed by atoms with Crippen molar-refractivity contribution in [1.29, 1.82) is 0 Å². The van der Waals surface area contributed by atoms with Gasteiger partial charge in [0.05, 0.1) is 0 Å². The maximum Gasteiger partial charge on any atom is 0.410 e. The number of carbonyl (C=O) groups is 1. The van der Waals surface area contributed by atoms with E-state index in [4.69, 9.17) is 32.7 Å². The summed E-state index contributed by atoms with van der Waals surface area (Å²) < 4.78 is 11.2. The molecule has 0 bridgehead atoms. The number of amides is 1. The Kier molecular flexibility index (Phi) is 5.40. The largest absolute Gasteiger partial charge is 0.490 e. The normalized spacial score (nSPS) is 16.5. The second-order valence-electron chi connectivity index (χ2n) is 6.23. The summed E-state index contributed by atoms with van der Waals surface area (Å²) in [7, 11) is 0. The Morgan fingerprint density at radius 2 is 1.77 bits per heavy atom. The molecule has 5 nitrogen and oxygen atoms in total. The number of nitrogens with zero attached hydrogens (tertiary/aromatic N) is 2. The standard InChI is InChI=1S/C15H20Cl2N2O3/c1-15(2,3)22-14(20)19-6-4-10(5-7-19)21-11-8-12(16)18-13(17)9-11/h8-10H,4-7H2,1-3H3. The molecule has 1 saturated heterocycles. The molecule has 2 rings (SSSR count). The molecule has 2 heterocycles. The first kappa shape index (κ1) is 17.2. The van der Waals surface area contributed by atoms with Gasteiger partial charge in [0.1, 0.15) is 27.8 Å². The van der Waals surface area contributed by atoms with Crippen LogP contribution in [0.15, 0.2) is 12.1 Å². The molecule has 0 saturated carbocycles. The minimum Gasteiger partial charge on any atom is -0.490 e. The maximum absolute atomic E-state index is 12.0. The molecule has 1 amide bonds. The SMILES string of the molecule is CC(C)(C)OC(=O)N1CCC(Oc2cc(Cl)nc(Cl)c2)CC1. The van der Waals surface area contributed by atoms with Gasteiger partial charge in [-0.05, 0) is 20.8 Å². The number of hydrogen-bond acceptors (Lipinski definition) is 4. The van der Waals surface area contributed by atoms with Gasteiger partial charge in [0.15, 0.2) is 0 Å². The average Bonchev–Trinajstić information content (AvgIpc) is 2.36. The summed E-state index contributed by atoms with van der Waals surface area (Å²) in [6.45, 7) is 6.78. The molecule has 1 aromatic rings. The van der Waals surface area contributed by atoms with Crippen molar-refractivity contribution in [3.63, 3.8) is 0 Å². The zero-order chi connectivity index (χ0) is 16.3. The van der Waals surface area contributed by atoms with Crippen molar-refractivity contribution in [3.05, 3.63) is 22.4 Å². The van der Waals surface area contributed by atoms with Crippen molar-refractivity contribution in [2.45, 2.75) is 45.3 Å². The maximum atomic E-state index is 12.0. The number of piperidine rings is 1. The molecule has 1 aliphatic heterocycles. The molecule has 0 aromatic carbocycles. The minimum absolute atomic E-state index is 0.0215. The van der Waals surface area contributed by atoms with Crippen LogP contribution in [0.4, 0.5) is 4.79 Å². The number of pyridine rings is 1. The Morgan fingerprint density at radius 1 is 1.23 bits per heavy atom. The van der Waals surface area contributed by atoms with Gasteiger partial charge in [-0.25, -0.2) is 9.78 Å². The van der Waals surface area contributed by atoms with E-state index in [2.05, 4.69) is 4.98 Å². The Morgan fingerprint density at radius 3 is 2.27 bits per heavy atom. The van der Waals surface area contributed by atoms with Crippen LogP contribution < -0.4 is 4.74 Å². The van der Waals surface area contributed by atoms with Gasteiger partial charge in [-0.15, -0.1) is 0 Å². The second-order valence-corrected chi connectivity index (χ2v) is 7.01. The first-order valence-corrected chi connectivity index (χ1v) is 7.96. The van der Waals surface area contributed by atoms with Crippen LogP contribution >= 0.6 is 23.2 Å². The smallest absolute Gasteiger partial charge is 0.410 e. The highest BCUT2D eigenvalue weighted by Gasteiger charge is 2.27. The van der Waals surface area contributed by atoms with Crippen molar-refractivity contribution in [3.8, 4) is 5.75 Å². The Hall–Kier alpha value is -1.20. The number of aromatic nitrogens is 1. The molecule has 0 N–H and O–H groups in total. The first-order valence-electron chi connectivity index (χ1n) is 7.20. The van der Waals surface area contributed by atoms with E-state index in [1.807, 2.05) is 20.8 Å². The summed E-state index contributed by atoms with van der Waals surface area (Å²) in [4.78, 5) is 17.6. The second kappa shape index (κ2) is 6.92.